The zero-order valence-corrected chi connectivity index (χ0v) is 16.1. The quantitative estimate of drug-likeness (QED) is 0.296. The second-order valence-corrected chi connectivity index (χ2v) is 6.46. The van der Waals surface area contributed by atoms with E-state index in [2.05, 4.69) is 36.5 Å². The predicted octanol–water partition coefficient (Wildman–Crippen LogP) is 4.76. The Morgan fingerprint density at radius 1 is 1.30 bits per heavy atom. The number of carbonyl (C=O) groups excluding carboxylic acids is 1. The van der Waals surface area contributed by atoms with Gasteiger partial charge in [0.25, 0.3) is 0 Å². The molecule has 0 aliphatic rings. The Hall–Kier alpha value is -2.71. The summed E-state index contributed by atoms with van der Waals surface area (Å²) in [5.41, 5.74) is 1.20. The van der Waals surface area contributed by atoms with Crippen LogP contribution in [0.1, 0.15) is 0 Å². The maximum absolute atomic E-state index is 13.3. The van der Waals surface area contributed by atoms with Crippen molar-refractivity contribution < 1.29 is 14.3 Å². The highest BCUT2D eigenvalue weighted by atomic mass is 79.9. The van der Waals surface area contributed by atoms with Crippen LogP contribution >= 0.6 is 27.5 Å². The number of hydrogen-bond donors (Lipinski definition) is 3. The number of nitrogens with one attached hydrogen (secondary N) is 2. The third-order valence-corrected chi connectivity index (χ3v) is 4.21. The van der Waals surface area contributed by atoms with Crippen LogP contribution in [0, 0.1) is 5.82 Å². The van der Waals surface area contributed by atoms with Crippen molar-refractivity contribution in [3.63, 3.8) is 0 Å². The van der Waals surface area contributed by atoms with Gasteiger partial charge in [-0.2, -0.15) is 0 Å². The van der Waals surface area contributed by atoms with Gasteiger partial charge in [-0.25, -0.2) is 14.4 Å². The molecule has 1 heterocycles. The van der Waals surface area contributed by atoms with E-state index < -0.39 is 5.82 Å². The summed E-state index contributed by atoms with van der Waals surface area (Å²) in [4.78, 5) is 20.2. The van der Waals surface area contributed by atoms with Crippen LogP contribution in [0.25, 0.3) is 10.9 Å². The van der Waals surface area contributed by atoms with Crippen LogP contribution in [0.3, 0.4) is 0 Å². The Labute approximate surface area is 167 Å². The number of halogens is 3. The molecule has 9 heteroatoms. The van der Waals surface area contributed by atoms with E-state index in [9.17, 15) is 14.3 Å². The number of amides is 1. The van der Waals surface area contributed by atoms with Crippen LogP contribution in [-0.2, 0) is 4.79 Å². The summed E-state index contributed by atoms with van der Waals surface area (Å²) < 4.78 is 13.3. The summed E-state index contributed by atoms with van der Waals surface area (Å²) >= 11 is 8.99. The molecule has 2 aromatic carbocycles. The van der Waals surface area contributed by atoms with Crippen molar-refractivity contribution in [2.45, 2.75) is 0 Å². The van der Waals surface area contributed by atoms with Gasteiger partial charge in [0.15, 0.2) is 0 Å². The number of phenols is 1. The van der Waals surface area contributed by atoms with E-state index >= 15 is 0 Å². The lowest BCUT2D eigenvalue weighted by molar-refractivity contribution is -0.111. The molecule has 0 bridgehead atoms. The van der Waals surface area contributed by atoms with Gasteiger partial charge in [0.1, 0.15) is 23.7 Å². The van der Waals surface area contributed by atoms with E-state index in [0.717, 1.165) is 0 Å². The summed E-state index contributed by atoms with van der Waals surface area (Å²) in [7, 11) is 0. The smallest absolute Gasteiger partial charge is 0.248 e. The molecule has 0 fully saturated rings. The van der Waals surface area contributed by atoms with Crippen LogP contribution in [0.4, 0.5) is 21.6 Å². The fourth-order valence-electron chi connectivity index (χ4n) is 2.33. The second-order valence-electron chi connectivity index (χ2n) is 5.41. The van der Waals surface area contributed by atoms with Gasteiger partial charge >= 0.3 is 0 Å². The monoisotopic (exact) mass is 450 g/mol. The summed E-state index contributed by atoms with van der Waals surface area (Å²) in [5, 5.41) is 16.8. The number of phenolic OH excluding ortho intramolecular Hbond substituents is 1. The number of fused-ring (bicyclic) bond motifs is 1. The molecule has 1 amide bonds. The molecule has 6 nitrogen and oxygen atoms in total. The molecule has 0 spiro atoms. The largest absolute Gasteiger partial charge is 0.506 e. The molecule has 138 valence electrons. The molecule has 0 radical (unpaired) electrons. The minimum Gasteiger partial charge on any atom is -0.506 e. The van der Waals surface area contributed by atoms with Gasteiger partial charge in [-0.05, 0) is 24.3 Å². The van der Waals surface area contributed by atoms with Crippen molar-refractivity contribution >= 4 is 61.5 Å². The van der Waals surface area contributed by atoms with Crippen molar-refractivity contribution in [2.24, 2.45) is 0 Å². The minimum atomic E-state index is -0.527. The van der Waals surface area contributed by atoms with Crippen LogP contribution in [0.2, 0.25) is 5.02 Å². The fraction of sp³-hybridized carbons (Fsp3) is 0.0556. The molecule has 0 unspecified atom stereocenters. The molecule has 3 N–H and O–H groups in total. The van der Waals surface area contributed by atoms with Crippen LogP contribution in [0.5, 0.6) is 5.75 Å². The SMILES string of the molecule is O=C(C=CCBr)Nc1cc2c(Nc3ccc(F)c(Cl)c3)ncnc2cc1O. The number of anilines is 3. The lowest BCUT2D eigenvalue weighted by Gasteiger charge is -2.11. The maximum Gasteiger partial charge on any atom is 0.248 e. The summed E-state index contributed by atoms with van der Waals surface area (Å²) in [5.74, 6) is -0.631. The summed E-state index contributed by atoms with van der Waals surface area (Å²) in [6, 6.07) is 7.16. The highest BCUT2D eigenvalue weighted by molar-refractivity contribution is 9.09. The van der Waals surface area contributed by atoms with Gasteiger partial charge in [0.2, 0.25) is 5.91 Å². The first-order valence-corrected chi connectivity index (χ1v) is 9.21. The number of alkyl halides is 1. The maximum atomic E-state index is 13.3. The van der Waals surface area contributed by atoms with Crippen LogP contribution in [-0.4, -0.2) is 26.3 Å². The molecule has 3 rings (SSSR count). The molecule has 0 atom stereocenters. The van der Waals surface area contributed by atoms with E-state index in [4.69, 9.17) is 11.6 Å². The first-order valence-electron chi connectivity index (χ1n) is 7.71. The number of nitrogens with zero attached hydrogens (tertiary/aromatic N) is 2. The van der Waals surface area contributed by atoms with E-state index in [0.29, 0.717) is 27.7 Å². The Morgan fingerprint density at radius 2 is 2.11 bits per heavy atom. The number of rotatable bonds is 5. The highest BCUT2D eigenvalue weighted by Crippen LogP contribution is 2.32. The van der Waals surface area contributed by atoms with Gasteiger partial charge < -0.3 is 15.7 Å². The van der Waals surface area contributed by atoms with Crippen molar-refractivity contribution in [3.8, 4) is 5.75 Å². The fourth-order valence-corrected chi connectivity index (χ4v) is 2.70. The first kappa shape index (κ1) is 19.1. The van der Waals surface area contributed by atoms with Gasteiger partial charge in [-0.3, -0.25) is 4.79 Å². The Balaban J connectivity index is 1.98. The highest BCUT2D eigenvalue weighted by Gasteiger charge is 2.11. The standard InChI is InChI=1S/C18H13BrClFN4O2/c19-5-1-2-17(27)25-15-7-11-14(8-16(15)26)22-9-23-18(11)24-10-3-4-13(21)12(20)6-10/h1-4,6-9,26H,5H2,(H,25,27)(H,22,23,24). The number of aromatic nitrogens is 2. The topological polar surface area (TPSA) is 87.1 Å². The van der Waals surface area contributed by atoms with E-state index in [-0.39, 0.29) is 22.4 Å². The molecular formula is C18H13BrClFN4O2. The van der Waals surface area contributed by atoms with Crippen molar-refractivity contribution in [3.05, 3.63) is 59.7 Å². The Bertz CT molecular complexity index is 1050. The zero-order chi connectivity index (χ0) is 19.4. The van der Waals surface area contributed by atoms with E-state index in [1.54, 1.807) is 12.1 Å². The molecule has 1 aromatic heterocycles. The third-order valence-electron chi connectivity index (χ3n) is 3.55. The average Bonchev–Trinajstić information content (AvgIpc) is 2.64. The average molecular weight is 452 g/mol. The van der Waals surface area contributed by atoms with E-state index in [1.807, 2.05) is 0 Å². The molecule has 0 aliphatic heterocycles. The minimum absolute atomic E-state index is 0.0254. The summed E-state index contributed by atoms with van der Waals surface area (Å²) in [6.07, 6.45) is 4.30. The number of allylic oxidation sites excluding steroid dienone is 1. The van der Waals surface area contributed by atoms with Crippen molar-refractivity contribution in [2.75, 3.05) is 16.0 Å². The lowest BCUT2D eigenvalue weighted by atomic mass is 10.2. The molecule has 0 saturated carbocycles. The zero-order valence-electron chi connectivity index (χ0n) is 13.7. The second kappa shape index (κ2) is 8.32. The molecular weight excluding hydrogens is 439 g/mol. The van der Waals surface area contributed by atoms with Crippen LogP contribution in [0.15, 0.2) is 48.8 Å². The number of carbonyl (C=O) groups is 1. The van der Waals surface area contributed by atoms with Crippen LogP contribution < -0.4 is 10.6 Å². The van der Waals surface area contributed by atoms with E-state index in [1.165, 1.54) is 36.7 Å². The normalized spacial score (nSPS) is 11.1. The number of aromatic hydroxyl groups is 1. The van der Waals surface area contributed by atoms with Gasteiger partial charge in [-0.1, -0.05) is 33.6 Å². The third kappa shape index (κ3) is 4.53. The molecule has 3 aromatic rings. The number of benzene rings is 2. The van der Waals surface area contributed by atoms with Gasteiger partial charge in [0.05, 0.1) is 16.2 Å². The molecule has 0 aliphatic carbocycles. The molecule has 27 heavy (non-hydrogen) atoms. The predicted molar refractivity (Wildman–Crippen MR) is 107 cm³/mol. The lowest BCUT2D eigenvalue weighted by Crippen LogP contribution is -2.08. The molecule has 0 saturated heterocycles. The first-order chi connectivity index (χ1) is 13.0. The van der Waals surface area contributed by atoms with Gasteiger partial charge in [-0.15, -0.1) is 0 Å². The Morgan fingerprint density at radius 3 is 2.85 bits per heavy atom. The van der Waals surface area contributed by atoms with Gasteiger partial charge in [0, 0.05) is 28.5 Å². The van der Waals surface area contributed by atoms with Crippen molar-refractivity contribution in [1.29, 1.82) is 0 Å². The van der Waals surface area contributed by atoms with Crippen molar-refractivity contribution in [1.82, 2.24) is 9.97 Å². The summed E-state index contributed by atoms with van der Waals surface area (Å²) in [6.45, 7) is 0. The Kier molecular flexibility index (Phi) is 5.88. The number of hydrogen-bond acceptors (Lipinski definition) is 5.